The molecule has 4 aromatic rings. The van der Waals surface area contributed by atoms with Gasteiger partial charge in [0, 0.05) is 24.7 Å². The van der Waals surface area contributed by atoms with Gasteiger partial charge in [0.15, 0.2) is 15.5 Å². The van der Waals surface area contributed by atoms with Crippen LogP contribution in [0.15, 0.2) is 79.0 Å². The first-order valence-corrected chi connectivity index (χ1v) is 13.5. The molecule has 10 heteroatoms. The molecule has 0 spiro atoms. The average molecular weight is 499 g/mol. The van der Waals surface area contributed by atoms with Crippen LogP contribution in [-0.4, -0.2) is 33.6 Å². The second kappa shape index (κ2) is 9.27. The van der Waals surface area contributed by atoms with Gasteiger partial charge in [-0.05, 0) is 35.7 Å². The molecule has 2 aromatic heterocycles. The highest BCUT2D eigenvalue weighted by Crippen LogP contribution is 2.32. The Balaban J connectivity index is 1.92. The van der Waals surface area contributed by atoms with E-state index in [0.717, 1.165) is 15.0 Å². The monoisotopic (exact) mass is 498 g/mol. The number of sulfone groups is 1. The first-order chi connectivity index (χ1) is 16.1. The molecular weight excluding hydrogens is 472 g/mol. The lowest BCUT2D eigenvalue weighted by Crippen LogP contribution is -2.38. The van der Waals surface area contributed by atoms with Gasteiger partial charge in [0.2, 0.25) is 0 Å². The maximum atomic E-state index is 13.2. The van der Waals surface area contributed by atoms with Crippen molar-refractivity contribution in [3.8, 4) is 0 Å². The summed E-state index contributed by atoms with van der Waals surface area (Å²) in [7, 11) is -1.82. The Bertz CT molecular complexity index is 1570. The molecule has 0 saturated carbocycles. The summed E-state index contributed by atoms with van der Waals surface area (Å²) in [4.78, 5) is 27.3. The smallest absolute Gasteiger partial charge is 0.276 e. The molecular formula is C24H26N4O4S2. The summed E-state index contributed by atoms with van der Waals surface area (Å²) in [5, 5.41) is 5.74. The second-order valence-electron chi connectivity index (χ2n) is 8.64. The molecule has 0 unspecified atom stereocenters. The fourth-order valence-corrected chi connectivity index (χ4v) is 5.33. The van der Waals surface area contributed by atoms with E-state index in [0.29, 0.717) is 29.1 Å². The topological polar surface area (TPSA) is 96.0 Å². The van der Waals surface area contributed by atoms with Gasteiger partial charge in [0.25, 0.3) is 5.56 Å². The average Bonchev–Trinajstić information content (AvgIpc) is 3.13. The molecule has 0 aliphatic heterocycles. The van der Waals surface area contributed by atoms with Crippen LogP contribution in [0.5, 0.6) is 0 Å². The van der Waals surface area contributed by atoms with Crippen molar-refractivity contribution in [2.24, 2.45) is 13.0 Å². The zero-order valence-electron chi connectivity index (χ0n) is 19.4. The predicted molar refractivity (Wildman–Crippen MR) is 133 cm³/mol. The van der Waals surface area contributed by atoms with Gasteiger partial charge in [-0.1, -0.05) is 55.9 Å². The fraction of sp³-hybridized carbons (Fsp3) is 0.292. The minimum Gasteiger partial charge on any atom is -0.276 e. The highest BCUT2D eigenvalue weighted by Gasteiger charge is 2.22. The van der Waals surface area contributed by atoms with Crippen LogP contribution in [0.1, 0.15) is 19.4 Å². The molecule has 0 N–H and O–H groups in total. The minimum absolute atomic E-state index is 0.178. The Labute approximate surface area is 201 Å². The van der Waals surface area contributed by atoms with E-state index in [4.69, 9.17) is 5.10 Å². The molecule has 0 radical (unpaired) electrons. The number of aromatic nitrogens is 4. The summed E-state index contributed by atoms with van der Waals surface area (Å²) in [6, 6.07) is 16.2. The molecule has 2 heterocycles. The molecule has 8 nitrogen and oxygen atoms in total. The van der Waals surface area contributed by atoms with Gasteiger partial charge in [0.05, 0.1) is 11.4 Å². The van der Waals surface area contributed by atoms with Crippen LogP contribution in [0, 0.1) is 5.92 Å². The van der Waals surface area contributed by atoms with E-state index < -0.39 is 21.1 Å². The number of hydrogen-bond donors (Lipinski definition) is 0. The number of fused-ring (bicyclic) bond motifs is 1. The van der Waals surface area contributed by atoms with Crippen LogP contribution in [0.2, 0.25) is 0 Å². The van der Waals surface area contributed by atoms with E-state index in [2.05, 4.69) is 0 Å². The van der Waals surface area contributed by atoms with E-state index in [1.807, 2.05) is 44.2 Å². The maximum Gasteiger partial charge on any atom is 0.332 e. The highest BCUT2D eigenvalue weighted by atomic mass is 32.2. The molecule has 178 valence electrons. The lowest BCUT2D eigenvalue weighted by atomic mass is 10.2. The van der Waals surface area contributed by atoms with E-state index in [-0.39, 0.29) is 10.8 Å². The van der Waals surface area contributed by atoms with Gasteiger partial charge < -0.3 is 0 Å². The van der Waals surface area contributed by atoms with Gasteiger partial charge in [-0.15, -0.1) is 0 Å². The molecule has 0 aliphatic carbocycles. The van der Waals surface area contributed by atoms with Gasteiger partial charge in [0.1, 0.15) is 10.4 Å². The first-order valence-electron chi connectivity index (χ1n) is 10.8. The summed E-state index contributed by atoms with van der Waals surface area (Å²) < 4.78 is 28.0. The Morgan fingerprint density at radius 2 is 1.65 bits per heavy atom. The predicted octanol–water partition coefficient (Wildman–Crippen LogP) is 3.16. The SMILES string of the molecule is CC(C)Cn1c(=O)n(C)c(=O)c2c(Sc3ccccc3)n(Cc3ccc(S(C)(=O)=O)cc3)nc21. The third-order valence-corrected chi connectivity index (χ3v) is 7.61. The Hall–Kier alpha value is -3.11. The lowest BCUT2D eigenvalue weighted by molar-refractivity contribution is 0.497. The number of rotatable bonds is 7. The van der Waals surface area contributed by atoms with Gasteiger partial charge in [-0.2, -0.15) is 5.10 Å². The van der Waals surface area contributed by atoms with Crippen LogP contribution in [-0.2, 0) is 30.0 Å². The third kappa shape index (κ3) is 4.74. The van der Waals surface area contributed by atoms with Gasteiger partial charge in [-0.25, -0.2) is 13.2 Å². The maximum absolute atomic E-state index is 13.2. The Morgan fingerprint density at radius 1 is 1.00 bits per heavy atom. The van der Waals surface area contributed by atoms with Crippen LogP contribution in [0.4, 0.5) is 0 Å². The summed E-state index contributed by atoms with van der Waals surface area (Å²) in [5.41, 5.74) is 0.388. The zero-order chi connectivity index (χ0) is 24.6. The number of hydrogen-bond acceptors (Lipinski definition) is 6. The molecule has 0 saturated heterocycles. The molecule has 0 amide bonds. The number of nitrogens with zero attached hydrogens (tertiary/aromatic N) is 4. The van der Waals surface area contributed by atoms with Crippen LogP contribution in [0.3, 0.4) is 0 Å². The van der Waals surface area contributed by atoms with Crippen molar-refractivity contribution in [3.63, 3.8) is 0 Å². The van der Waals surface area contributed by atoms with Crippen molar-refractivity contribution in [1.29, 1.82) is 0 Å². The van der Waals surface area contributed by atoms with Crippen LogP contribution in [0.25, 0.3) is 11.0 Å². The van der Waals surface area contributed by atoms with E-state index in [1.54, 1.807) is 33.5 Å². The second-order valence-corrected chi connectivity index (χ2v) is 11.7. The summed E-state index contributed by atoms with van der Waals surface area (Å²) >= 11 is 1.41. The first kappa shape index (κ1) is 24.0. The lowest BCUT2D eigenvalue weighted by Gasteiger charge is -2.10. The highest BCUT2D eigenvalue weighted by molar-refractivity contribution is 7.99. The minimum atomic E-state index is -3.30. The van der Waals surface area contributed by atoms with Crippen molar-refractivity contribution in [2.75, 3.05) is 6.26 Å². The summed E-state index contributed by atoms with van der Waals surface area (Å²) in [5.74, 6) is 0.178. The Morgan fingerprint density at radius 3 is 2.24 bits per heavy atom. The quantitative estimate of drug-likeness (QED) is 0.388. The summed E-state index contributed by atoms with van der Waals surface area (Å²) in [6.45, 7) is 4.75. The van der Waals surface area contributed by atoms with Crippen LogP contribution < -0.4 is 11.2 Å². The molecule has 0 fully saturated rings. The van der Waals surface area contributed by atoms with Crippen molar-refractivity contribution in [2.45, 2.75) is 41.8 Å². The zero-order valence-corrected chi connectivity index (χ0v) is 21.1. The van der Waals surface area contributed by atoms with Gasteiger partial charge in [-0.3, -0.25) is 18.6 Å². The van der Waals surface area contributed by atoms with Crippen LogP contribution >= 0.6 is 11.8 Å². The van der Waals surface area contributed by atoms with E-state index >= 15 is 0 Å². The third-order valence-electron chi connectivity index (χ3n) is 5.37. The van der Waals surface area contributed by atoms with Crippen molar-refractivity contribution >= 4 is 32.6 Å². The normalized spacial score (nSPS) is 12.0. The molecule has 0 bridgehead atoms. The van der Waals surface area contributed by atoms with Crippen molar-refractivity contribution < 1.29 is 8.42 Å². The largest absolute Gasteiger partial charge is 0.332 e. The van der Waals surface area contributed by atoms with E-state index in [1.165, 1.54) is 25.1 Å². The number of benzene rings is 2. The standard InChI is InChI=1S/C24H26N4O4S2/c1-16(2)14-27-21-20(22(29)26(3)24(27)30)23(33-18-8-6-5-7-9-18)28(25-21)15-17-10-12-19(13-11-17)34(4,31)32/h5-13,16H,14-15H2,1-4H3. The molecule has 2 aromatic carbocycles. The molecule has 0 aliphatic rings. The van der Waals surface area contributed by atoms with Crippen molar-refractivity contribution in [3.05, 3.63) is 81.0 Å². The fourth-order valence-electron chi connectivity index (χ4n) is 3.69. The Kier molecular flexibility index (Phi) is 6.55. The molecule has 0 atom stereocenters. The summed E-state index contributed by atoms with van der Waals surface area (Å²) in [6.07, 6.45) is 1.17. The molecule has 4 rings (SSSR count). The molecule has 34 heavy (non-hydrogen) atoms. The van der Waals surface area contributed by atoms with E-state index in [9.17, 15) is 18.0 Å². The van der Waals surface area contributed by atoms with Crippen molar-refractivity contribution in [1.82, 2.24) is 18.9 Å². The van der Waals surface area contributed by atoms with Gasteiger partial charge >= 0.3 is 5.69 Å².